The molecule has 20 heavy (non-hydrogen) atoms. The van der Waals surface area contributed by atoms with E-state index < -0.39 is 0 Å². The molecular weight excluding hydrogens is 256 g/mol. The summed E-state index contributed by atoms with van der Waals surface area (Å²) in [7, 11) is 0. The topological polar surface area (TPSA) is 87.5 Å². The van der Waals surface area contributed by atoms with Crippen LogP contribution in [-0.2, 0) is 4.79 Å². The van der Waals surface area contributed by atoms with Gasteiger partial charge < -0.3 is 21.3 Å². The SMILES string of the molecule is NC(=O)C1CCN(C(=O)c2cccc3c2NCCN3)C1. The minimum Gasteiger partial charge on any atom is -0.382 e. The van der Waals surface area contributed by atoms with Crippen molar-refractivity contribution in [3.8, 4) is 0 Å². The van der Waals surface area contributed by atoms with Gasteiger partial charge in [-0.05, 0) is 18.6 Å². The van der Waals surface area contributed by atoms with Crippen LogP contribution in [0.15, 0.2) is 18.2 Å². The normalized spacial score (nSPS) is 20.8. The number of benzene rings is 1. The highest BCUT2D eigenvalue weighted by Gasteiger charge is 2.31. The molecule has 106 valence electrons. The van der Waals surface area contributed by atoms with Gasteiger partial charge in [-0.2, -0.15) is 0 Å². The molecule has 0 spiro atoms. The minimum atomic E-state index is -0.324. The Labute approximate surface area is 117 Å². The van der Waals surface area contributed by atoms with Crippen LogP contribution < -0.4 is 16.4 Å². The largest absolute Gasteiger partial charge is 0.382 e. The van der Waals surface area contributed by atoms with Crippen molar-refractivity contribution in [1.82, 2.24) is 4.90 Å². The molecule has 4 N–H and O–H groups in total. The second-order valence-corrected chi connectivity index (χ2v) is 5.22. The summed E-state index contributed by atoms with van der Waals surface area (Å²) in [5.74, 6) is -0.582. The highest BCUT2D eigenvalue weighted by molar-refractivity contribution is 6.03. The number of carbonyl (C=O) groups is 2. The summed E-state index contributed by atoms with van der Waals surface area (Å²) < 4.78 is 0. The number of nitrogens with zero attached hydrogens (tertiary/aromatic N) is 1. The molecule has 2 heterocycles. The molecule has 1 saturated heterocycles. The number of likely N-dealkylation sites (tertiary alicyclic amines) is 1. The average molecular weight is 274 g/mol. The van der Waals surface area contributed by atoms with E-state index in [4.69, 9.17) is 5.73 Å². The predicted octanol–water partition coefficient (Wildman–Crippen LogP) is 0.471. The summed E-state index contributed by atoms with van der Waals surface area (Å²) in [6.07, 6.45) is 0.655. The van der Waals surface area contributed by atoms with Crippen molar-refractivity contribution in [3.63, 3.8) is 0 Å². The summed E-state index contributed by atoms with van der Waals surface area (Å²) in [6.45, 7) is 2.65. The van der Waals surface area contributed by atoms with Gasteiger partial charge in [-0.25, -0.2) is 0 Å². The lowest BCUT2D eigenvalue weighted by Crippen LogP contribution is -2.33. The first-order chi connectivity index (χ1) is 9.66. The van der Waals surface area contributed by atoms with Crippen LogP contribution in [0.1, 0.15) is 16.8 Å². The molecule has 0 saturated carbocycles. The van der Waals surface area contributed by atoms with Gasteiger partial charge in [0.05, 0.1) is 22.9 Å². The lowest BCUT2D eigenvalue weighted by molar-refractivity contribution is -0.121. The molecule has 3 rings (SSSR count). The third kappa shape index (κ3) is 2.17. The van der Waals surface area contributed by atoms with Crippen molar-refractivity contribution in [3.05, 3.63) is 23.8 Å². The number of amides is 2. The monoisotopic (exact) mass is 274 g/mol. The molecule has 2 amide bonds. The van der Waals surface area contributed by atoms with Gasteiger partial charge >= 0.3 is 0 Å². The van der Waals surface area contributed by atoms with Crippen LogP contribution in [0.5, 0.6) is 0 Å². The van der Waals surface area contributed by atoms with E-state index in [0.29, 0.717) is 25.1 Å². The molecule has 0 aliphatic carbocycles. The van der Waals surface area contributed by atoms with Crippen molar-refractivity contribution >= 4 is 23.2 Å². The van der Waals surface area contributed by atoms with Crippen LogP contribution >= 0.6 is 0 Å². The second kappa shape index (κ2) is 5.03. The number of anilines is 2. The number of nitrogens with two attached hydrogens (primary N) is 1. The maximum absolute atomic E-state index is 12.6. The number of hydrogen-bond donors (Lipinski definition) is 3. The van der Waals surface area contributed by atoms with Gasteiger partial charge in [0.15, 0.2) is 0 Å². The number of para-hydroxylation sites is 1. The highest BCUT2D eigenvalue weighted by Crippen LogP contribution is 2.30. The van der Waals surface area contributed by atoms with Crippen LogP contribution in [0.4, 0.5) is 11.4 Å². The molecule has 0 radical (unpaired) electrons. The maximum Gasteiger partial charge on any atom is 0.256 e. The molecule has 6 nitrogen and oxygen atoms in total. The number of nitrogens with one attached hydrogen (secondary N) is 2. The zero-order chi connectivity index (χ0) is 14.1. The Morgan fingerprint density at radius 3 is 2.80 bits per heavy atom. The van der Waals surface area contributed by atoms with Gasteiger partial charge in [0.2, 0.25) is 5.91 Å². The zero-order valence-electron chi connectivity index (χ0n) is 11.2. The van der Waals surface area contributed by atoms with Crippen LogP contribution in [0.3, 0.4) is 0 Å². The number of primary amides is 1. The second-order valence-electron chi connectivity index (χ2n) is 5.22. The Bertz CT molecular complexity index is 558. The van der Waals surface area contributed by atoms with E-state index in [1.54, 1.807) is 4.90 Å². The van der Waals surface area contributed by atoms with Crippen molar-refractivity contribution in [2.75, 3.05) is 36.8 Å². The molecule has 6 heteroatoms. The van der Waals surface area contributed by atoms with Gasteiger partial charge in [0.1, 0.15) is 0 Å². The average Bonchev–Trinajstić information content (AvgIpc) is 2.96. The smallest absolute Gasteiger partial charge is 0.256 e. The third-order valence-electron chi connectivity index (χ3n) is 3.91. The molecule has 1 atom stereocenters. The summed E-state index contributed by atoms with van der Waals surface area (Å²) >= 11 is 0. The first-order valence-corrected chi connectivity index (χ1v) is 6.86. The molecule has 0 aromatic heterocycles. The van der Waals surface area contributed by atoms with Crippen molar-refractivity contribution in [1.29, 1.82) is 0 Å². The fraction of sp³-hybridized carbons (Fsp3) is 0.429. The molecule has 1 unspecified atom stereocenters. The van der Waals surface area contributed by atoms with E-state index >= 15 is 0 Å². The van der Waals surface area contributed by atoms with Crippen LogP contribution in [0.2, 0.25) is 0 Å². The highest BCUT2D eigenvalue weighted by atomic mass is 16.2. The number of rotatable bonds is 2. The Morgan fingerprint density at radius 2 is 2.05 bits per heavy atom. The van der Waals surface area contributed by atoms with Gasteiger partial charge in [-0.15, -0.1) is 0 Å². The summed E-state index contributed by atoms with van der Waals surface area (Å²) in [6, 6.07) is 5.64. The first kappa shape index (κ1) is 12.8. The number of carbonyl (C=O) groups excluding carboxylic acids is 2. The predicted molar refractivity (Wildman–Crippen MR) is 76.6 cm³/mol. The standard InChI is InChI=1S/C14H18N4O2/c15-13(19)9-4-7-18(8-9)14(20)10-2-1-3-11-12(10)17-6-5-16-11/h1-3,9,16-17H,4-8H2,(H2,15,19). The fourth-order valence-electron chi connectivity index (χ4n) is 2.80. The third-order valence-corrected chi connectivity index (χ3v) is 3.91. The van der Waals surface area contributed by atoms with E-state index in [2.05, 4.69) is 10.6 Å². The lowest BCUT2D eigenvalue weighted by Gasteiger charge is -2.24. The fourth-order valence-corrected chi connectivity index (χ4v) is 2.80. The summed E-state index contributed by atoms with van der Waals surface area (Å²) in [5, 5.41) is 6.54. The Morgan fingerprint density at radius 1 is 1.25 bits per heavy atom. The van der Waals surface area contributed by atoms with E-state index in [0.717, 1.165) is 24.5 Å². The van der Waals surface area contributed by atoms with E-state index in [-0.39, 0.29) is 17.7 Å². The van der Waals surface area contributed by atoms with Gasteiger partial charge in [0, 0.05) is 26.2 Å². The van der Waals surface area contributed by atoms with Crippen LogP contribution in [0.25, 0.3) is 0 Å². The molecular formula is C14H18N4O2. The molecule has 0 bridgehead atoms. The Hall–Kier alpha value is -2.24. The van der Waals surface area contributed by atoms with E-state index in [1.807, 2.05) is 18.2 Å². The molecule has 1 aromatic carbocycles. The maximum atomic E-state index is 12.6. The molecule has 2 aliphatic heterocycles. The summed E-state index contributed by atoms with van der Waals surface area (Å²) in [4.78, 5) is 25.5. The van der Waals surface area contributed by atoms with Crippen molar-refractivity contribution in [2.45, 2.75) is 6.42 Å². The van der Waals surface area contributed by atoms with Gasteiger partial charge in [0.25, 0.3) is 5.91 Å². The Balaban J connectivity index is 1.83. The minimum absolute atomic E-state index is 0.0400. The molecule has 1 aromatic rings. The van der Waals surface area contributed by atoms with Crippen molar-refractivity contribution < 1.29 is 9.59 Å². The van der Waals surface area contributed by atoms with Crippen molar-refractivity contribution in [2.24, 2.45) is 11.7 Å². The van der Waals surface area contributed by atoms with Gasteiger partial charge in [-0.1, -0.05) is 6.07 Å². The van der Waals surface area contributed by atoms with Crippen LogP contribution in [0, 0.1) is 5.92 Å². The zero-order valence-corrected chi connectivity index (χ0v) is 11.2. The lowest BCUT2D eigenvalue weighted by atomic mass is 10.1. The summed E-state index contributed by atoms with van der Waals surface area (Å²) in [5.41, 5.74) is 7.77. The molecule has 1 fully saturated rings. The number of fused-ring (bicyclic) bond motifs is 1. The molecule has 2 aliphatic rings. The van der Waals surface area contributed by atoms with Crippen LogP contribution in [-0.4, -0.2) is 42.9 Å². The first-order valence-electron chi connectivity index (χ1n) is 6.86. The van der Waals surface area contributed by atoms with E-state index in [1.165, 1.54) is 0 Å². The number of hydrogen-bond acceptors (Lipinski definition) is 4. The van der Waals surface area contributed by atoms with E-state index in [9.17, 15) is 9.59 Å². The quantitative estimate of drug-likeness (QED) is 0.731. The van der Waals surface area contributed by atoms with Gasteiger partial charge in [-0.3, -0.25) is 9.59 Å². The Kier molecular flexibility index (Phi) is 3.22.